The number of unbranched alkanes of at least 4 members (excludes halogenated alkanes) is 2. The Balaban J connectivity index is 2.00. The number of methoxy groups -OCH3 is 1. The predicted octanol–water partition coefficient (Wildman–Crippen LogP) is 5.45. The topological polar surface area (TPSA) is 120 Å². The summed E-state index contributed by atoms with van der Waals surface area (Å²) in [5, 5.41) is 2.91. The first-order chi connectivity index (χ1) is 17.6. The number of ether oxygens (including phenoxy) is 2. The second kappa shape index (κ2) is 14.6. The molecule has 0 radical (unpaired) electrons. The first-order valence-corrected chi connectivity index (χ1v) is 13.8. The molecule has 0 aliphatic heterocycles. The van der Waals surface area contributed by atoms with Crippen molar-refractivity contribution in [3.8, 4) is 11.5 Å². The lowest BCUT2D eigenvalue weighted by Gasteiger charge is -2.26. The number of rotatable bonds is 14. The Morgan fingerprint density at radius 3 is 2.51 bits per heavy atom. The largest absolute Gasteiger partial charge is 0.493 e. The van der Waals surface area contributed by atoms with Gasteiger partial charge >= 0.3 is 13.6 Å². The monoisotopic (exact) mass is 531 g/mol. The summed E-state index contributed by atoms with van der Waals surface area (Å²) in [5.41, 5.74) is 6.99. The number of anilines is 1. The molecule has 9 nitrogen and oxygen atoms in total. The number of nitrogens with one attached hydrogen (secondary N) is 1. The highest BCUT2D eigenvalue weighted by molar-refractivity contribution is 7.58. The van der Waals surface area contributed by atoms with Crippen LogP contribution >= 0.6 is 7.67 Å². The van der Waals surface area contributed by atoms with Gasteiger partial charge in [-0.2, -0.15) is 0 Å². The molecule has 1 unspecified atom stereocenters. The van der Waals surface area contributed by atoms with E-state index in [1.165, 1.54) is 25.9 Å². The van der Waals surface area contributed by atoms with Gasteiger partial charge in [-0.25, -0.2) is 14.9 Å². The van der Waals surface area contributed by atoms with Crippen molar-refractivity contribution < 1.29 is 28.2 Å². The average Bonchev–Trinajstić information content (AvgIpc) is 2.89. The third-order valence-corrected chi connectivity index (χ3v) is 7.19. The lowest BCUT2D eigenvalue weighted by molar-refractivity contribution is -0.121. The maximum atomic E-state index is 13.0. The number of hydrogen-bond donors (Lipinski definition) is 2. The first-order valence-electron chi connectivity index (χ1n) is 12.2. The molecule has 202 valence electrons. The van der Waals surface area contributed by atoms with Gasteiger partial charge in [0, 0.05) is 27.1 Å². The highest BCUT2D eigenvalue weighted by Gasteiger charge is 2.27. The molecule has 1 atom stereocenters. The summed E-state index contributed by atoms with van der Waals surface area (Å²) < 4.78 is 29.6. The van der Waals surface area contributed by atoms with Crippen molar-refractivity contribution in [1.29, 1.82) is 0 Å². The molecule has 0 aromatic heterocycles. The second-order valence-electron chi connectivity index (χ2n) is 8.86. The summed E-state index contributed by atoms with van der Waals surface area (Å²) >= 11 is 0. The highest BCUT2D eigenvalue weighted by atomic mass is 31.2. The molecule has 2 aromatic rings. The van der Waals surface area contributed by atoms with Crippen LogP contribution in [0.4, 0.5) is 5.69 Å². The van der Waals surface area contributed by atoms with E-state index in [1.807, 2.05) is 0 Å². The van der Waals surface area contributed by atoms with Crippen LogP contribution in [-0.2, 0) is 20.4 Å². The fraction of sp³-hybridized carbons (Fsp3) is 0.407. The van der Waals surface area contributed by atoms with Gasteiger partial charge in [0.25, 0.3) is 0 Å². The molecule has 0 heterocycles. The van der Waals surface area contributed by atoms with Crippen molar-refractivity contribution in [2.75, 3.05) is 25.9 Å². The molecule has 2 aromatic carbocycles. The van der Waals surface area contributed by atoms with E-state index in [4.69, 9.17) is 19.5 Å². The van der Waals surface area contributed by atoms with Gasteiger partial charge in [0.15, 0.2) is 11.5 Å². The van der Waals surface area contributed by atoms with Crippen molar-refractivity contribution in [1.82, 2.24) is 5.32 Å². The van der Waals surface area contributed by atoms with E-state index in [9.17, 15) is 14.2 Å². The van der Waals surface area contributed by atoms with Crippen LogP contribution in [0.25, 0.3) is 0 Å². The normalized spacial score (nSPS) is 12.8. The molecule has 0 aliphatic rings. The standard InChI is InChI=1S/C27H38N3O6P/c1-20(2)12-8-6-7-9-15-26(31)29-19-21-16-17-24(25(18-21)34-4)36-27(32)22-13-10-11-14-23(22)30(3)37(28,33)35-5/h8,10-14,16-18,20H,6-7,9,15,19H2,1-5H3,(H2,28,33)(H,29,31)/b12-8+. The summed E-state index contributed by atoms with van der Waals surface area (Å²) in [6.07, 6.45) is 7.57. The molecule has 0 aliphatic carbocycles. The molecular formula is C27H38N3O6P. The Hall–Kier alpha value is -3.13. The van der Waals surface area contributed by atoms with E-state index >= 15 is 0 Å². The Morgan fingerprint density at radius 2 is 1.84 bits per heavy atom. The predicted molar refractivity (Wildman–Crippen MR) is 146 cm³/mol. The van der Waals surface area contributed by atoms with Crippen LogP contribution in [0.2, 0.25) is 0 Å². The quantitative estimate of drug-likeness (QED) is 0.109. The molecule has 0 saturated carbocycles. The summed E-state index contributed by atoms with van der Waals surface area (Å²) in [5.74, 6) is 0.388. The van der Waals surface area contributed by atoms with Crippen molar-refractivity contribution in [3.05, 3.63) is 65.7 Å². The number of para-hydroxylation sites is 1. The van der Waals surface area contributed by atoms with E-state index in [-0.39, 0.29) is 17.2 Å². The number of carbonyl (C=O) groups excluding carboxylic acids is 2. The minimum atomic E-state index is -3.63. The summed E-state index contributed by atoms with van der Waals surface area (Å²) in [7, 11) is 0.552. The molecule has 0 bridgehead atoms. The van der Waals surface area contributed by atoms with Gasteiger partial charge in [0.2, 0.25) is 5.91 Å². The van der Waals surface area contributed by atoms with Crippen LogP contribution in [0.15, 0.2) is 54.6 Å². The fourth-order valence-corrected chi connectivity index (χ4v) is 4.19. The van der Waals surface area contributed by atoms with Gasteiger partial charge in [-0.1, -0.05) is 44.2 Å². The van der Waals surface area contributed by atoms with Crippen molar-refractivity contribution in [2.24, 2.45) is 11.4 Å². The zero-order valence-corrected chi connectivity index (χ0v) is 23.1. The minimum Gasteiger partial charge on any atom is -0.493 e. The molecule has 1 amide bonds. The van der Waals surface area contributed by atoms with Gasteiger partial charge in [-0.3, -0.25) is 9.46 Å². The van der Waals surface area contributed by atoms with E-state index in [2.05, 4.69) is 31.3 Å². The lowest BCUT2D eigenvalue weighted by atomic mass is 10.1. The second-order valence-corrected chi connectivity index (χ2v) is 11.0. The Morgan fingerprint density at radius 1 is 1.11 bits per heavy atom. The van der Waals surface area contributed by atoms with Crippen molar-refractivity contribution in [3.63, 3.8) is 0 Å². The van der Waals surface area contributed by atoms with Crippen LogP contribution in [-0.4, -0.2) is 33.1 Å². The highest BCUT2D eigenvalue weighted by Crippen LogP contribution is 2.44. The molecule has 0 saturated heterocycles. The molecule has 2 rings (SSSR count). The molecule has 3 N–H and O–H groups in total. The molecule has 0 fully saturated rings. The molecule has 0 spiro atoms. The van der Waals surface area contributed by atoms with Crippen molar-refractivity contribution >= 4 is 25.2 Å². The number of hydrogen-bond acceptors (Lipinski definition) is 6. The van der Waals surface area contributed by atoms with Crippen LogP contribution < -0.4 is 25.0 Å². The Labute approximate surface area is 219 Å². The van der Waals surface area contributed by atoms with Crippen LogP contribution in [0.3, 0.4) is 0 Å². The first kappa shape index (κ1) is 30.1. The smallest absolute Gasteiger partial charge is 0.365 e. The van der Waals surface area contributed by atoms with E-state index < -0.39 is 13.6 Å². The summed E-state index contributed by atoms with van der Waals surface area (Å²) in [4.78, 5) is 25.2. The van der Waals surface area contributed by atoms with Gasteiger partial charge in [0.1, 0.15) is 0 Å². The van der Waals surface area contributed by atoms with Crippen LogP contribution in [0.5, 0.6) is 11.5 Å². The van der Waals surface area contributed by atoms with Crippen molar-refractivity contribution in [2.45, 2.75) is 46.1 Å². The zero-order valence-electron chi connectivity index (χ0n) is 22.2. The van der Waals surface area contributed by atoms with E-state index in [1.54, 1.807) is 42.5 Å². The number of nitrogens with two attached hydrogens (primary N) is 1. The average molecular weight is 532 g/mol. The molecule has 10 heteroatoms. The number of nitrogens with zero attached hydrogens (tertiary/aromatic N) is 1. The van der Waals surface area contributed by atoms with E-state index in [0.717, 1.165) is 24.8 Å². The molecule has 37 heavy (non-hydrogen) atoms. The SMILES string of the molecule is COc1cc(CNC(=O)CCCC/C=C/C(C)C)ccc1OC(=O)c1ccccc1N(C)P(N)(=O)OC. The summed E-state index contributed by atoms with van der Waals surface area (Å²) in [6, 6.07) is 11.5. The number of esters is 1. The third-order valence-electron chi connectivity index (χ3n) is 5.62. The number of benzene rings is 2. The maximum absolute atomic E-state index is 13.0. The van der Waals surface area contributed by atoms with Gasteiger partial charge in [0.05, 0.1) is 18.4 Å². The number of carbonyl (C=O) groups is 2. The Kier molecular flexibility index (Phi) is 11.9. The maximum Gasteiger partial charge on any atom is 0.365 e. The number of amides is 1. The summed E-state index contributed by atoms with van der Waals surface area (Å²) in [6.45, 7) is 4.60. The van der Waals surface area contributed by atoms with Gasteiger partial charge in [-0.15, -0.1) is 0 Å². The van der Waals surface area contributed by atoms with Gasteiger partial charge in [-0.05, 0) is 55.0 Å². The third kappa shape index (κ3) is 9.35. The zero-order chi connectivity index (χ0) is 27.4. The fourth-order valence-electron chi connectivity index (χ4n) is 3.47. The Bertz CT molecular complexity index is 1130. The van der Waals surface area contributed by atoms with Crippen LogP contribution in [0, 0.1) is 5.92 Å². The minimum absolute atomic E-state index is 0.0173. The molecular weight excluding hydrogens is 493 g/mol. The lowest BCUT2D eigenvalue weighted by Crippen LogP contribution is -2.23. The van der Waals surface area contributed by atoms with E-state index in [0.29, 0.717) is 30.3 Å². The van der Waals surface area contributed by atoms with Crippen LogP contribution in [0.1, 0.15) is 55.5 Å². The van der Waals surface area contributed by atoms with Gasteiger partial charge < -0.3 is 19.3 Å². The number of allylic oxidation sites excluding steroid dienone is 2.